The van der Waals surface area contributed by atoms with Crippen LogP contribution in [0.4, 0.5) is 0 Å². The van der Waals surface area contributed by atoms with Crippen LogP contribution >= 0.6 is 22.7 Å². The van der Waals surface area contributed by atoms with Crippen molar-refractivity contribution in [2.75, 3.05) is 0 Å². The Bertz CT molecular complexity index is 387. The second kappa shape index (κ2) is 4.53. The molecule has 0 amide bonds. The zero-order chi connectivity index (χ0) is 9.80. The molecule has 0 spiro atoms. The van der Waals surface area contributed by atoms with Gasteiger partial charge in [0.25, 0.3) is 0 Å². The fraction of sp³-hybridized carbons (Fsp3) is 0.182. The summed E-state index contributed by atoms with van der Waals surface area (Å²) in [6.45, 7) is 0. The van der Waals surface area contributed by atoms with Crippen LogP contribution in [0.3, 0.4) is 0 Å². The second-order valence-corrected chi connectivity index (χ2v) is 4.76. The average Bonchev–Trinajstić information content (AvgIpc) is 2.87. The number of thiophene rings is 2. The fourth-order valence-corrected chi connectivity index (χ4v) is 2.65. The van der Waals surface area contributed by atoms with Crippen molar-refractivity contribution >= 4 is 28.5 Å². The molecule has 0 aromatic carbocycles. The van der Waals surface area contributed by atoms with E-state index in [9.17, 15) is 4.79 Å². The minimum absolute atomic E-state index is 0.256. The summed E-state index contributed by atoms with van der Waals surface area (Å²) in [5.74, 6) is 0.256. The lowest BCUT2D eigenvalue weighted by Crippen LogP contribution is -1.97. The van der Waals surface area contributed by atoms with Gasteiger partial charge < -0.3 is 0 Å². The summed E-state index contributed by atoms with van der Waals surface area (Å²) < 4.78 is 0. The van der Waals surface area contributed by atoms with E-state index in [4.69, 9.17) is 0 Å². The van der Waals surface area contributed by atoms with E-state index in [1.165, 1.54) is 16.9 Å². The van der Waals surface area contributed by atoms with E-state index >= 15 is 0 Å². The van der Waals surface area contributed by atoms with Crippen molar-refractivity contribution in [3.63, 3.8) is 0 Å². The zero-order valence-corrected chi connectivity index (χ0v) is 9.24. The Balaban J connectivity index is 1.90. The molecule has 0 aliphatic rings. The Hall–Kier alpha value is -0.930. The van der Waals surface area contributed by atoms with Gasteiger partial charge in [0.2, 0.25) is 0 Å². The van der Waals surface area contributed by atoms with Crippen LogP contribution < -0.4 is 0 Å². The monoisotopic (exact) mass is 222 g/mol. The number of rotatable bonds is 4. The highest BCUT2D eigenvalue weighted by Gasteiger charge is 2.06. The third-order valence-electron chi connectivity index (χ3n) is 2.02. The molecule has 72 valence electrons. The Morgan fingerprint density at radius 1 is 1.29 bits per heavy atom. The molecule has 0 aliphatic heterocycles. The predicted octanol–water partition coefficient (Wildman–Crippen LogP) is 3.63. The standard InChI is InChI=1S/C11H10OS2/c12-10(11-2-1-6-14-11)4-3-9-5-7-13-8-9/h1-2,5-8H,3-4H2. The molecule has 0 bridgehead atoms. The first kappa shape index (κ1) is 9.62. The summed E-state index contributed by atoms with van der Waals surface area (Å²) in [7, 11) is 0. The number of hydrogen-bond acceptors (Lipinski definition) is 3. The van der Waals surface area contributed by atoms with Crippen molar-refractivity contribution in [1.82, 2.24) is 0 Å². The van der Waals surface area contributed by atoms with Crippen LogP contribution in [0.1, 0.15) is 21.7 Å². The largest absolute Gasteiger partial charge is 0.293 e. The SMILES string of the molecule is O=C(CCc1ccsc1)c1cccs1. The van der Waals surface area contributed by atoms with E-state index < -0.39 is 0 Å². The van der Waals surface area contributed by atoms with Crippen LogP contribution in [0.5, 0.6) is 0 Å². The molecule has 2 aromatic heterocycles. The molecule has 2 rings (SSSR count). The molecule has 1 nitrogen and oxygen atoms in total. The maximum absolute atomic E-state index is 11.6. The number of hydrogen-bond donors (Lipinski definition) is 0. The summed E-state index contributed by atoms with van der Waals surface area (Å²) in [5, 5.41) is 6.09. The Morgan fingerprint density at radius 2 is 2.21 bits per heavy atom. The number of carbonyl (C=O) groups is 1. The maximum atomic E-state index is 11.6. The Kier molecular flexibility index (Phi) is 3.11. The van der Waals surface area contributed by atoms with Gasteiger partial charge in [-0.2, -0.15) is 11.3 Å². The third-order valence-corrected chi connectivity index (χ3v) is 3.66. The minimum Gasteiger partial charge on any atom is -0.293 e. The third kappa shape index (κ3) is 2.30. The highest BCUT2D eigenvalue weighted by atomic mass is 32.1. The molecule has 3 heteroatoms. The van der Waals surface area contributed by atoms with E-state index in [-0.39, 0.29) is 5.78 Å². The quantitative estimate of drug-likeness (QED) is 0.722. The molecule has 0 unspecified atom stereocenters. The molecule has 0 aliphatic carbocycles. The van der Waals surface area contributed by atoms with Crippen LogP contribution in [0.2, 0.25) is 0 Å². The Morgan fingerprint density at radius 3 is 2.86 bits per heavy atom. The zero-order valence-electron chi connectivity index (χ0n) is 7.60. The molecule has 2 heterocycles. The lowest BCUT2D eigenvalue weighted by molar-refractivity contribution is 0.0987. The van der Waals surface area contributed by atoms with Crippen LogP contribution in [-0.4, -0.2) is 5.78 Å². The molecule has 0 radical (unpaired) electrons. The van der Waals surface area contributed by atoms with Crippen LogP contribution in [0.25, 0.3) is 0 Å². The first-order valence-electron chi connectivity index (χ1n) is 4.44. The summed E-state index contributed by atoms with van der Waals surface area (Å²) in [4.78, 5) is 12.5. The van der Waals surface area contributed by atoms with Gasteiger partial charge in [-0.25, -0.2) is 0 Å². The second-order valence-electron chi connectivity index (χ2n) is 3.03. The fourth-order valence-electron chi connectivity index (χ4n) is 1.25. The van der Waals surface area contributed by atoms with Crippen LogP contribution in [-0.2, 0) is 6.42 Å². The van der Waals surface area contributed by atoms with Gasteiger partial charge >= 0.3 is 0 Å². The molecule has 0 saturated heterocycles. The van der Waals surface area contributed by atoms with Gasteiger partial charge in [-0.05, 0) is 40.3 Å². The van der Waals surface area contributed by atoms with Crippen molar-refractivity contribution < 1.29 is 4.79 Å². The molecular formula is C11H10OS2. The van der Waals surface area contributed by atoms with Gasteiger partial charge in [-0.1, -0.05) is 6.07 Å². The van der Waals surface area contributed by atoms with Crippen LogP contribution in [0, 0.1) is 0 Å². The van der Waals surface area contributed by atoms with Gasteiger partial charge in [0.05, 0.1) is 4.88 Å². The topological polar surface area (TPSA) is 17.1 Å². The first-order chi connectivity index (χ1) is 6.86. The summed E-state index contributed by atoms with van der Waals surface area (Å²) in [5.41, 5.74) is 1.26. The molecular weight excluding hydrogens is 212 g/mol. The van der Waals surface area contributed by atoms with Gasteiger partial charge in [0, 0.05) is 6.42 Å². The first-order valence-corrected chi connectivity index (χ1v) is 6.26. The lowest BCUT2D eigenvalue weighted by Gasteiger charge is -1.95. The molecule has 14 heavy (non-hydrogen) atoms. The van der Waals surface area contributed by atoms with E-state index in [1.54, 1.807) is 11.3 Å². The molecule has 2 aromatic rings. The van der Waals surface area contributed by atoms with Gasteiger partial charge in [-0.3, -0.25) is 4.79 Å². The number of Topliss-reactive ketones (excluding diaryl/α,β-unsaturated/α-hetero) is 1. The highest BCUT2D eigenvalue weighted by Crippen LogP contribution is 2.14. The van der Waals surface area contributed by atoms with Crippen molar-refractivity contribution in [2.24, 2.45) is 0 Å². The van der Waals surface area contributed by atoms with Crippen molar-refractivity contribution in [3.8, 4) is 0 Å². The normalized spacial score (nSPS) is 10.3. The number of aryl methyl sites for hydroxylation is 1. The molecule has 0 fully saturated rings. The number of ketones is 1. The van der Waals surface area contributed by atoms with E-state index in [0.29, 0.717) is 6.42 Å². The molecule has 0 N–H and O–H groups in total. The van der Waals surface area contributed by atoms with Crippen molar-refractivity contribution in [2.45, 2.75) is 12.8 Å². The predicted molar refractivity (Wildman–Crippen MR) is 61.3 cm³/mol. The van der Waals surface area contributed by atoms with E-state index in [1.807, 2.05) is 22.9 Å². The lowest BCUT2D eigenvalue weighted by atomic mass is 10.1. The number of carbonyl (C=O) groups excluding carboxylic acids is 1. The average molecular weight is 222 g/mol. The van der Waals surface area contributed by atoms with Crippen molar-refractivity contribution in [1.29, 1.82) is 0 Å². The van der Waals surface area contributed by atoms with Gasteiger partial charge in [0.15, 0.2) is 5.78 Å². The van der Waals surface area contributed by atoms with Crippen LogP contribution in [0.15, 0.2) is 34.3 Å². The van der Waals surface area contributed by atoms with Gasteiger partial charge in [0.1, 0.15) is 0 Å². The minimum atomic E-state index is 0.256. The molecule has 0 atom stereocenters. The van der Waals surface area contributed by atoms with Crippen molar-refractivity contribution in [3.05, 3.63) is 44.8 Å². The molecule has 0 saturated carbocycles. The van der Waals surface area contributed by atoms with E-state index in [2.05, 4.69) is 11.4 Å². The van der Waals surface area contributed by atoms with E-state index in [0.717, 1.165) is 11.3 Å². The maximum Gasteiger partial charge on any atom is 0.173 e. The smallest absolute Gasteiger partial charge is 0.173 e. The summed E-state index contributed by atoms with van der Waals surface area (Å²) >= 11 is 3.20. The highest BCUT2D eigenvalue weighted by molar-refractivity contribution is 7.12. The summed E-state index contributed by atoms with van der Waals surface area (Å²) in [6, 6.07) is 5.88. The summed E-state index contributed by atoms with van der Waals surface area (Å²) in [6.07, 6.45) is 1.48. The Labute approximate surface area is 91.0 Å². The van der Waals surface area contributed by atoms with Gasteiger partial charge in [-0.15, -0.1) is 11.3 Å².